The normalized spacial score (nSPS) is 27.8. The predicted octanol–water partition coefficient (Wildman–Crippen LogP) is 3.22. The summed E-state index contributed by atoms with van der Waals surface area (Å²) in [5.74, 6) is 0. The van der Waals surface area contributed by atoms with Gasteiger partial charge in [0.25, 0.3) is 0 Å². The molecule has 1 saturated heterocycles. The molecule has 2 aliphatic heterocycles. The zero-order valence-corrected chi connectivity index (χ0v) is 11.0. The first kappa shape index (κ1) is 12.2. The van der Waals surface area contributed by atoms with Crippen molar-refractivity contribution < 1.29 is 4.74 Å². The van der Waals surface area contributed by atoms with Crippen LogP contribution in [0.4, 0.5) is 0 Å². The fourth-order valence-corrected chi connectivity index (χ4v) is 3.24. The van der Waals surface area contributed by atoms with E-state index >= 15 is 0 Å². The monoisotopic (exact) mass is 245 g/mol. The van der Waals surface area contributed by atoms with E-state index < -0.39 is 0 Å². The highest BCUT2D eigenvalue weighted by molar-refractivity contribution is 5.30. The van der Waals surface area contributed by atoms with Gasteiger partial charge in [0, 0.05) is 6.04 Å². The number of piperidine rings is 1. The lowest BCUT2D eigenvalue weighted by Crippen LogP contribution is -2.34. The SMILES string of the molecule is c1ccc2c(c1)CCOC2CCC1CCCCN1. The summed E-state index contributed by atoms with van der Waals surface area (Å²) in [4.78, 5) is 0. The van der Waals surface area contributed by atoms with Crippen LogP contribution in [0.2, 0.25) is 0 Å². The largest absolute Gasteiger partial charge is 0.373 e. The molecule has 0 saturated carbocycles. The molecule has 0 aliphatic carbocycles. The molecule has 18 heavy (non-hydrogen) atoms. The Morgan fingerprint density at radius 3 is 3.00 bits per heavy atom. The second-order valence-electron chi connectivity index (χ2n) is 5.53. The predicted molar refractivity (Wildman–Crippen MR) is 73.7 cm³/mol. The van der Waals surface area contributed by atoms with E-state index in [9.17, 15) is 0 Å². The van der Waals surface area contributed by atoms with Gasteiger partial charge in [-0.2, -0.15) is 0 Å². The van der Waals surface area contributed by atoms with Gasteiger partial charge in [-0.1, -0.05) is 30.7 Å². The molecule has 0 amide bonds. The van der Waals surface area contributed by atoms with Crippen molar-refractivity contribution >= 4 is 0 Å². The van der Waals surface area contributed by atoms with Crippen molar-refractivity contribution in [3.63, 3.8) is 0 Å². The number of benzene rings is 1. The van der Waals surface area contributed by atoms with Gasteiger partial charge < -0.3 is 10.1 Å². The van der Waals surface area contributed by atoms with E-state index in [1.807, 2.05) is 0 Å². The van der Waals surface area contributed by atoms with Gasteiger partial charge >= 0.3 is 0 Å². The molecule has 2 unspecified atom stereocenters. The number of nitrogens with one attached hydrogen (secondary N) is 1. The topological polar surface area (TPSA) is 21.3 Å². The van der Waals surface area contributed by atoms with Gasteiger partial charge in [0.2, 0.25) is 0 Å². The smallest absolute Gasteiger partial charge is 0.0828 e. The molecule has 2 atom stereocenters. The number of fused-ring (bicyclic) bond motifs is 1. The number of hydrogen-bond donors (Lipinski definition) is 1. The van der Waals surface area contributed by atoms with Crippen molar-refractivity contribution in [1.82, 2.24) is 5.32 Å². The fourth-order valence-electron chi connectivity index (χ4n) is 3.24. The first-order valence-electron chi connectivity index (χ1n) is 7.36. The van der Waals surface area contributed by atoms with Gasteiger partial charge in [0.1, 0.15) is 0 Å². The molecule has 2 heterocycles. The molecule has 0 aromatic heterocycles. The van der Waals surface area contributed by atoms with Crippen LogP contribution in [0.15, 0.2) is 24.3 Å². The number of rotatable bonds is 3. The maximum Gasteiger partial charge on any atom is 0.0828 e. The Hall–Kier alpha value is -0.860. The Morgan fingerprint density at radius 1 is 1.17 bits per heavy atom. The van der Waals surface area contributed by atoms with Crippen molar-refractivity contribution in [2.45, 2.75) is 50.7 Å². The maximum atomic E-state index is 5.97. The minimum Gasteiger partial charge on any atom is -0.373 e. The summed E-state index contributed by atoms with van der Waals surface area (Å²) in [6, 6.07) is 9.50. The average Bonchev–Trinajstić information content (AvgIpc) is 2.46. The van der Waals surface area contributed by atoms with Crippen LogP contribution in [0.5, 0.6) is 0 Å². The van der Waals surface area contributed by atoms with Gasteiger partial charge in [-0.25, -0.2) is 0 Å². The maximum absolute atomic E-state index is 5.97. The second-order valence-corrected chi connectivity index (χ2v) is 5.53. The van der Waals surface area contributed by atoms with E-state index in [0.717, 1.165) is 25.5 Å². The van der Waals surface area contributed by atoms with E-state index in [1.54, 1.807) is 0 Å². The molecule has 1 N–H and O–H groups in total. The standard InChI is InChI=1S/C16H23NO/c1-2-7-15-13(5-1)10-12-18-16(15)9-8-14-6-3-4-11-17-14/h1-2,5,7,14,16-17H,3-4,6,8-12H2. The van der Waals surface area contributed by atoms with Crippen molar-refractivity contribution in [3.8, 4) is 0 Å². The Bertz CT molecular complexity index is 384. The van der Waals surface area contributed by atoms with E-state index in [-0.39, 0.29) is 0 Å². The van der Waals surface area contributed by atoms with Crippen molar-refractivity contribution in [3.05, 3.63) is 35.4 Å². The van der Waals surface area contributed by atoms with Crippen LogP contribution < -0.4 is 5.32 Å². The Balaban J connectivity index is 1.60. The summed E-state index contributed by atoms with van der Waals surface area (Å²) in [7, 11) is 0. The fraction of sp³-hybridized carbons (Fsp3) is 0.625. The number of hydrogen-bond acceptors (Lipinski definition) is 2. The Morgan fingerprint density at radius 2 is 2.11 bits per heavy atom. The third kappa shape index (κ3) is 2.76. The summed E-state index contributed by atoms with van der Waals surface area (Å²) in [6.45, 7) is 2.09. The highest BCUT2D eigenvalue weighted by Gasteiger charge is 2.22. The molecule has 1 aromatic rings. The molecule has 0 spiro atoms. The first-order valence-corrected chi connectivity index (χ1v) is 7.36. The van der Waals surface area contributed by atoms with Gasteiger partial charge in [0.05, 0.1) is 12.7 Å². The molecule has 1 fully saturated rings. The average molecular weight is 245 g/mol. The molecule has 0 radical (unpaired) electrons. The lowest BCUT2D eigenvalue weighted by molar-refractivity contribution is 0.0328. The van der Waals surface area contributed by atoms with Crippen molar-refractivity contribution in [2.75, 3.05) is 13.2 Å². The Kier molecular flexibility index (Phi) is 3.96. The second kappa shape index (κ2) is 5.85. The minimum atomic E-state index is 0.332. The lowest BCUT2D eigenvalue weighted by Gasteiger charge is -2.29. The quantitative estimate of drug-likeness (QED) is 0.883. The summed E-state index contributed by atoms with van der Waals surface area (Å²) >= 11 is 0. The van der Waals surface area contributed by atoms with E-state index in [2.05, 4.69) is 29.6 Å². The van der Waals surface area contributed by atoms with Gasteiger partial charge in [-0.3, -0.25) is 0 Å². The molecular weight excluding hydrogens is 222 g/mol. The first-order chi connectivity index (χ1) is 8.93. The molecule has 98 valence electrons. The minimum absolute atomic E-state index is 0.332. The van der Waals surface area contributed by atoms with Crippen LogP contribution in [-0.2, 0) is 11.2 Å². The molecule has 2 heteroatoms. The highest BCUT2D eigenvalue weighted by Crippen LogP contribution is 2.31. The van der Waals surface area contributed by atoms with Gasteiger partial charge in [-0.15, -0.1) is 0 Å². The summed E-state index contributed by atoms with van der Waals surface area (Å²) < 4.78 is 5.97. The molecule has 2 aliphatic rings. The van der Waals surface area contributed by atoms with Crippen LogP contribution in [0.25, 0.3) is 0 Å². The molecule has 1 aromatic carbocycles. The molecule has 0 bridgehead atoms. The van der Waals surface area contributed by atoms with Crippen LogP contribution in [0.1, 0.15) is 49.3 Å². The van der Waals surface area contributed by atoms with Crippen LogP contribution >= 0.6 is 0 Å². The van der Waals surface area contributed by atoms with Crippen molar-refractivity contribution in [2.24, 2.45) is 0 Å². The third-order valence-corrected chi connectivity index (χ3v) is 4.28. The molecular formula is C16H23NO. The van der Waals surface area contributed by atoms with E-state index in [4.69, 9.17) is 4.74 Å². The lowest BCUT2D eigenvalue weighted by atomic mass is 9.92. The van der Waals surface area contributed by atoms with Crippen LogP contribution in [-0.4, -0.2) is 19.2 Å². The summed E-state index contributed by atoms with van der Waals surface area (Å²) in [5, 5.41) is 3.63. The third-order valence-electron chi connectivity index (χ3n) is 4.28. The van der Waals surface area contributed by atoms with Crippen LogP contribution in [0.3, 0.4) is 0 Å². The van der Waals surface area contributed by atoms with Gasteiger partial charge in [-0.05, 0) is 49.8 Å². The number of ether oxygens (including phenoxy) is 1. The molecule has 2 nitrogen and oxygen atoms in total. The van der Waals surface area contributed by atoms with E-state index in [0.29, 0.717) is 6.10 Å². The summed E-state index contributed by atoms with van der Waals surface area (Å²) in [6.07, 6.45) is 7.90. The van der Waals surface area contributed by atoms with E-state index in [1.165, 1.54) is 43.4 Å². The summed E-state index contributed by atoms with van der Waals surface area (Å²) in [5.41, 5.74) is 2.92. The highest BCUT2D eigenvalue weighted by atomic mass is 16.5. The molecule has 3 rings (SSSR count). The van der Waals surface area contributed by atoms with Gasteiger partial charge in [0.15, 0.2) is 0 Å². The van der Waals surface area contributed by atoms with Crippen LogP contribution in [0, 0.1) is 0 Å². The zero-order chi connectivity index (χ0) is 12.2. The zero-order valence-electron chi connectivity index (χ0n) is 11.0. The Labute approximate surface area is 110 Å². The van der Waals surface area contributed by atoms with Crippen molar-refractivity contribution in [1.29, 1.82) is 0 Å².